The zero-order valence-corrected chi connectivity index (χ0v) is 17.8. The second-order valence-electron chi connectivity index (χ2n) is 8.59. The molecule has 31 heavy (non-hydrogen) atoms. The number of carbonyl (C=O) groups excluding carboxylic acids is 1. The molecule has 1 aliphatic heterocycles. The van der Waals surface area contributed by atoms with E-state index in [1.165, 1.54) is 6.07 Å². The van der Waals surface area contributed by atoms with Crippen molar-refractivity contribution in [3.8, 4) is 5.69 Å². The van der Waals surface area contributed by atoms with Crippen molar-refractivity contribution in [2.75, 3.05) is 0 Å². The van der Waals surface area contributed by atoms with Crippen molar-refractivity contribution < 1.29 is 18.0 Å². The van der Waals surface area contributed by atoms with Crippen molar-refractivity contribution in [1.82, 2.24) is 15.1 Å². The molecule has 0 radical (unpaired) electrons. The van der Waals surface area contributed by atoms with Crippen molar-refractivity contribution >= 4 is 5.91 Å². The Morgan fingerprint density at radius 1 is 1.10 bits per heavy atom. The summed E-state index contributed by atoms with van der Waals surface area (Å²) in [6.07, 6.45) is -3.84. The van der Waals surface area contributed by atoms with E-state index in [2.05, 4.69) is 5.32 Å². The number of halogens is 3. The second kappa shape index (κ2) is 7.55. The first-order valence-corrected chi connectivity index (χ1v) is 10.2. The first-order valence-electron chi connectivity index (χ1n) is 10.2. The summed E-state index contributed by atoms with van der Waals surface area (Å²) >= 11 is 0. The Kier molecular flexibility index (Phi) is 5.15. The van der Waals surface area contributed by atoms with Gasteiger partial charge in [-0.2, -0.15) is 18.3 Å². The van der Waals surface area contributed by atoms with Gasteiger partial charge in [0, 0.05) is 5.56 Å². The maximum atomic E-state index is 13.3. The monoisotopic (exact) mass is 427 g/mol. The largest absolute Gasteiger partial charge is 0.416 e. The summed E-state index contributed by atoms with van der Waals surface area (Å²) in [6.45, 7) is 8.04. The van der Waals surface area contributed by atoms with Gasteiger partial charge in [-0.05, 0) is 67.1 Å². The molecule has 4 nitrogen and oxygen atoms in total. The van der Waals surface area contributed by atoms with Crippen LogP contribution < -0.4 is 5.32 Å². The summed E-state index contributed by atoms with van der Waals surface area (Å²) in [5, 5.41) is 7.64. The molecule has 0 saturated carbocycles. The Bertz CT molecular complexity index is 1140. The van der Waals surface area contributed by atoms with E-state index >= 15 is 0 Å². The van der Waals surface area contributed by atoms with E-state index in [4.69, 9.17) is 5.10 Å². The van der Waals surface area contributed by atoms with Gasteiger partial charge in [0.1, 0.15) is 5.69 Å². The van der Waals surface area contributed by atoms with E-state index in [1.807, 2.05) is 45.9 Å². The van der Waals surface area contributed by atoms with Crippen molar-refractivity contribution in [3.05, 3.63) is 81.7 Å². The van der Waals surface area contributed by atoms with E-state index in [0.29, 0.717) is 23.2 Å². The standard InChI is InChI=1S/C24H24F3N3O/c1-13(2)8-19-20-21(16-6-5-7-17(12-16)24(25,26)27)28-23(31)22(20)30(29-19)18-10-14(3)9-15(4)11-18/h5-7,9-13,21H,8H2,1-4H3,(H,28,31). The fraction of sp³-hybridized carbons (Fsp3) is 0.333. The summed E-state index contributed by atoms with van der Waals surface area (Å²) in [4.78, 5) is 13.0. The van der Waals surface area contributed by atoms with Gasteiger partial charge in [0.15, 0.2) is 0 Å². The number of hydrogen-bond acceptors (Lipinski definition) is 2. The molecule has 7 heteroatoms. The minimum absolute atomic E-state index is 0.268. The number of nitrogens with zero attached hydrogens (tertiary/aromatic N) is 2. The number of aromatic nitrogens is 2. The number of nitrogens with one attached hydrogen (secondary N) is 1. The van der Waals surface area contributed by atoms with Crippen LogP contribution in [0.4, 0.5) is 13.2 Å². The van der Waals surface area contributed by atoms with Gasteiger partial charge < -0.3 is 5.32 Å². The van der Waals surface area contributed by atoms with Crippen molar-refractivity contribution in [1.29, 1.82) is 0 Å². The summed E-state index contributed by atoms with van der Waals surface area (Å²) in [5.74, 6) is -0.0661. The number of benzene rings is 2. The van der Waals surface area contributed by atoms with Crippen molar-refractivity contribution in [2.24, 2.45) is 5.92 Å². The summed E-state index contributed by atoms with van der Waals surface area (Å²) in [7, 11) is 0. The van der Waals surface area contributed by atoms with Gasteiger partial charge in [-0.3, -0.25) is 4.79 Å². The van der Waals surface area contributed by atoms with Gasteiger partial charge in [0.2, 0.25) is 0 Å². The zero-order valence-electron chi connectivity index (χ0n) is 17.8. The molecule has 4 rings (SSSR count). The van der Waals surface area contributed by atoms with Crippen LogP contribution in [0.15, 0.2) is 42.5 Å². The van der Waals surface area contributed by atoms with Crippen LogP contribution in [0.2, 0.25) is 0 Å². The molecule has 2 aromatic carbocycles. The molecular weight excluding hydrogens is 403 g/mol. The lowest BCUT2D eigenvalue weighted by atomic mass is 9.95. The maximum Gasteiger partial charge on any atom is 0.416 e. The number of hydrogen-bond donors (Lipinski definition) is 1. The van der Waals surface area contributed by atoms with Crippen molar-refractivity contribution in [3.63, 3.8) is 0 Å². The average molecular weight is 427 g/mol. The fourth-order valence-electron chi connectivity index (χ4n) is 4.21. The van der Waals surface area contributed by atoms with E-state index in [0.717, 1.165) is 34.6 Å². The average Bonchev–Trinajstić information content (AvgIpc) is 3.19. The van der Waals surface area contributed by atoms with Gasteiger partial charge in [-0.1, -0.05) is 32.0 Å². The number of alkyl halides is 3. The number of rotatable bonds is 4. The van der Waals surface area contributed by atoms with Gasteiger partial charge >= 0.3 is 6.18 Å². The molecule has 1 N–H and O–H groups in total. The SMILES string of the molecule is Cc1cc(C)cc(-n2nc(CC(C)C)c3c2C(=O)NC3c2cccc(C(F)(F)F)c2)c1. The summed E-state index contributed by atoms with van der Waals surface area (Å²) in [5.41, 5.74) is 4.29. The third-order valence-electron chi connectivity index (χ3n) is 5.38. The van der Waals surface area contributed by atoms with Crippen LogP contribution in [-0.4, -0.2) is 15.7 Å². The van der Waals surface area contributed by atoms with E-state index in [1.54, 1.807) is 10.7 Å². The van der Waals surface area contributed by atoms with Gasteiger partial charge in [0.25, 0.3) is 5.91 Å². The third-order valence-corrected chi connectivity index (χ3v) is 5.38. The van der Waals surface area contributed by atoms with E-state index < -0.39 is 17.8 Å². The highest BCUT2D eigenvalue weighted by Gasteiger charge is 2.39. The van der Waals surface area contributed by atoms with Gasteiger partial charge in [-0.25, -0.2) is 4.68 Å². The fourth-order valence-corrected chi connectivity index (χ4v) is 4.21. The van der Waals surface area contributed by atoms with Crippen LogP contribution in [0, 0.1) is 19.8 Å². The molecule has 1 amide bonds. The Morgan fingerprint density at radius 3 is 2.39 bits per heavy atom. The molecule has 1 unspecified atom stereocenters. The molecule has 3 aromatic rings. The number of aryl methyl sites for hydroxylation is 2. The van der Waals surface area contributed by atoms with Crippen LogP contribution in [0.1, 0.15) is 63.9 Å². The zero-order chi connectivity index (χ0) is 22.5. The van der Waals surface area contributed by atoms with Crippen LogP contribution in [0.5, 0.6) is 0 Å². The minimum atomic E-state index is -4.45. The predicted octanol–water partition coefficient (Wildman–Crippen LogP) is 5.54. The first kappa shape index (κ1) is 21.2. The molecule has 0 saturated heterocycles. The molecule has 1 aliphatic rings. The summed E-state index contributed by atoms with van der Waals surface area (Å²) < 4.78 is 41.5. The van der Waals surface area contributed by atoms with Crippen LogP contribution in [0.25, 0.3) is 5.69 Å². The highest BCUT2D eigenvalue weighted by Crippen LogP contribution is 2.38. The molecule has 162 valence electrons. The van der Waals surface area contributed by atoms with Crippen molar-refractivity contribution in [2.45, 2.75) is 46.3 Å². The maximum absolute atomic E-state index is 13.3. The van der Waals surface area contributed by atoms with Gasteiger partial charge in [0.05, 0.1) is 23.0 Å². The highest BCUT2D eigenvalue weighted by atomic mass is 19.4. The van der Waals surface area contributed by atoms with E-state index in [9.17, 15) is 18.0 Å². The van der Waals surface area contributed by atoms with Gasteiger partial charge in [-0.15, -0.1) is 0 Å². The molecule has 0 bridgehead atoms. The Balaban J connectivity index is 1.90. The molecule has 2 heterocycles. The van der Waals surface area contributed by atoms with Crippen LogP contribution >= 0.6 is 0 Å². The third kappa shape index (κ3) is 3.96. The Morgan fingerprint density at radius 2 is 1.77 bits per heavy atom. The van der Waals surface area contributed by atoms with E-state index in [-0.39, 0.29) is 11.8 Å². The molecule has 0 fully saturated rings. The summed E-state index contributed by atoms with van der Waals surface area (Å²) in [6, 6.07) is 10.4. The molecule has 1 aromatic heterocycles. The first-order chi connectivity index (χ1) is 14.5. The number of amides is 1. The Labute approximate surface area is 179 Å². The quantitative estimate of drug-likeness (QED) is 0.594. The number of carbonyl (C=O) groups is 1. The molecule has 0 spiro atoms. The van der Waals surface area contributed by atoms with Crippen LogP contribution in [0.3, 0.4) is 0 Å². The Hall–Kier alpha value is -3.09. The molecular formula is C24H24F3N3O. The lowest BCUT2D eigenvalue weighted by molar-refractivity contribution is -0.137. The normalized spacial score (nSPS) is 16.0. The molecule has 0 aliphatic carbocycles. The lowest BCUT2D eigenvalue weighted by Gasteiger charge is -2.16. The lowest BCUT2D eigenvalue weighted by Crippen LogP contribution is -2.23. The second-order valence-corrected chi connectivity index (χ2v) is 8.59. The topological polar surface area (TPSA) is 46.9 Å². The number of fused-ring (bicyclic) bond motifs is 1. The molecule has 1 atom stereocenters. The predicted molar refractivity (Wildman–Crippen MR) is 112 cm³/mol. The smallest absolute Gasteiger partial charge is 0.340 e. The van der Waals surface area contributed by atoms with Crippen LogP contribution in [-0.2, 0) is 12.6 Å². The minimum Gasteiger partial charge on any atom is -0.340 e. The highest BCUT2D eigenvalue weighted by molar-refractivity contribution is 5.99.